The van der Waals surface area contributed by atoms with Crippen LogP contribution in [0.5, 0.6) is 0 Å². The highest BCUT2D eigenvalue weighted by molar-refractivity contribution is 5.79. The molecule has 4 nitrogen and oxygen atoms in total. The zero-order valence-electron chi connectivity index (χ0n) is 5.34. The fourth-order valence-electron chi connectivity index (χ4n) is 0.625. The van der Waals surface area contributed by atoms with Gasteiger partial charge in [0.2, 0.25) is 0 Å². The highest BCUT2D eigenvalue weighted by atomic mass is 16.8. The molecule has 0 spiro atoms. The number of hydroxylamine groups is 1. The first-order chi connectivity index (χ1) is 4.09. The van der Waals surface area contributed by atoms with Crippen molar-refractivity contribution in [1.29, 1.82) is 0 Å². The fourth-order valence-corrected chi connectivity index (χ4v) is 0.625. The van der Waals surface area contributed by atoms with Crippen LogP contribution in [0.15, 0.2) is 0 Å². The molecule has 0 bridgehead atoms. The minimum Gasteiger partial charge on any atom is -0.478 e. The third-order valence-electron chi connectivity index (χ3n) is 1.45. The van der Waals surface area contributed by atoms with E-state index in [1.807, 2.05) is 0 Å². The number of carboxylic acids is 1. The number of hydrogen-bond donors (Lipinski definition) is 2. The van der Waals surface area contributed by atoms with Gasteiger partial charge in [0.1, 0.15) is 0 Å². The monoisotopic (exact) mass is 131 g/mol. The molecular weight excluding hydrogens is 122 g/mol. The van der Waals surface area contributed by atoms with E-state index < -0.39 is 11.7 Å². The average Bonchev–Trinajstić information content (AvgIpc) is 2.40. The van der Waals surface area contributed by atoms with Gasteiger partial charge in [-0.25, -0.2) is 4.79 Å². The second kappa shape index (κ2) is 1.68. The van der Waals surface area contributed by atoms with Crippen molar-refractivity contribution in [3.63, 3.8) is 0 Å². The number of aliphatic carboxylic acids is 1. The first-order valence-corrected chi connectivity index (χ1v) is 2.78. The van der Waals surface area contributed by atoms with Crippen molar-refractivity contribution >= 4 is 5.97 Å². The zero-order valence-corrected chi connectivity index (χ0v) is 5.34. The molecule has 0 unspecified atom stereocenters. The molecule has 1 heterocycles. The SMILES string of the molecule is CC(C)[C@@]1(C(=O)O)NO1. The summed E-state index contributed by atoms with van der Waals surface area (Å²) in [5, 5.41) is 8.49. The van der Waals surface area contributed by atoms with Gasteiger partial charge in [-0.1, -0.05) is 13.8 Å². The van der Waals surface area contributed by atoms with Crippen molar-refractivity contribution in [2.45, 2.75) is 19.6 Å². The minimum absolute atomic E-state index is 0.0324. The van der Waals surface area contributed by atoms with Gasteiger partial charge in [0, 0.05) is 5.92 Å². The van der Waals surface area contributed by atoms with Gasteiger partial charge < -0.3 is 5.11 Å². The third kappa shape index (κ3) is 0.799. The lowest BCUT2D eigenvalue weighted by Gasteiger charge is -2.05. The summed E-state index contributed by atoms with van der Waals surface area (Å²) in [7, 11) is 0. The highest BCUT2D eigenvalue weighted by Gasteiger charge is 2.56. The maximum atomic E-state index is 10.3. The van der Waals surface area contributed by atoms with Crippen molar-refractivity contribution in [2.75, 3.05) is 0 Å². The van der Waals surface area contributed by atoms with Crippen LogP contribution in [0.2, 0.25) is 0 Å². The van der Waals surface area contributed by atoms with Gasteiger partial charge in [-0.15, -0.1) is 0 Å². The van der Waals surface area contributed by atoms with E-state index in [0.717, 1.165) is 0 Å². The van der Waals surface area contributed by atoms with E-state index in [0.29, 0.717) is 0 Å². The molecular formula is C5H9NO3. The summed E-state index contributed by atoms with van der Waals surface area (Å²) in [5.41, 5.74) is 1.26. The minimum atomic E-state index is -1.08. The molecule has 1 rings (SSSR count). The smallest absolute Gasteiger partial charge is 0.355 e. The van der Waals surface area contributed by atoms with Gasteiger partial charge in [-0.05, 0) is 0 Å². The summed E-state index contributed by atoms with van der Waals surface area (Å²) >= 11 is 0. The third-order valence-corrected chi connectivity index (χ3v) is 1.45. The van der Waals surface area contributed by atoms with E-state index in [-0.39, 0.29) is 5.92 Å². The number of carbonyl (C=O) groups is 1. The van der Waals surface area contributed by atoms with E-state index in [9.17, 15) is 4.79 Å². The molecule has 1 saturated heterocycles. The predicted molar refractivity (Wildman–Crippen MR) is 29.4 cm³/mol. The van der Waals surface area contributed by atoms with Gasteiger partial charge in [0.25, 0.3) is 5.72 Å². The van der Waals surface area contributed by atoms with Crippen molar-refractivity contribution < 1.29 is 14.7 Å². The maximum absolute atomic E-state index is 10.3. The quantitative estimate of drug-likeness (QED) is 0.516. The topological polar surface area (TPSA) is 71.8 Å². The molecule has 0 radical (unpaired) electrons. The van der Waals surface area contributed by atoms with E-state index in [4.69, 9.17) is 5.11 Å². The molecule has 0 aromatic rings. The molecule has 9 heavy (non-hydrogen) atoms. The first-order valence-electron chi connectivity index (χ1n) is 2.78. The second-order valence-corrected chi connectivity index (χ2v) is 2.40. The van der Waals surface area contributed by atoms with E-state index in [1.165, 1.54) is 0 Å². The normalized spacial score (nSPS) is 32.8. The van der Waals surface area contributed by atoms with Gasteiger partial charge in [0.15, 0.2) is 0 Å². The molecule has 2 N–H and O–H groups in total. The molecule has 1 fully saturated rings. The lowest BCUT2D eigenvalue weighted by molar-refractivity contribution is -0.145. The van der Waals surface area contributed by atoms with Gasteiger partial charge in [0.05, 0.1) is 0 Å². The van der Waals surface area contributed by atoms with Gasteiger partial charge in [-0.3, -0.25) is 4.84 Å². The number of carboxylic acid groups (broad SMARTS) is 1. The molecule has 1 aliphatic heterocycles. The Bertz CT molecular complexity index is 139. The van der Waals surface area contributed by atoms with Crippen molar-refractivity contribution in [3.8, 4) is 0 Å². The summed E-state index contributed by atoms with van der Waals surface area (Å²) in [4.78, 5) is 14.9. The Morgan fingerprint density at radius 2 is 2.22 bits per heavy atom. The van der Waals surface area contributed by atoms with Crippen LogP contribution in [0, 0.1) is 5.92 Å². The van der Waals surface area contributed by atoms with E-state index in [1.54, 1.807) is 13.8 Å². The van der Waals surface area contributed by atoms with E-state index >= 15 is 0 Å². The second-order valence-electron chi connectivity index (χ2n) is 2.40. The first kappa shape index (κ1) is 6.51. The number of rotatable bonds is 2. The predicted octanol–water partition coefficient (Wildman–Crippen LogP) is -0.0419. The molecule has 1 atom stereocenters. The van der Waals surface area contributed by atoms with Crippen molar-refractivity contribution in [1.82, 2.24) is 5.48 Å². The van der Waals surface area contributed by atoms with Gasteiger partial charge in [-0.2, -0.15) is 5.48 Å². The Morgan fingerprint density at radius 3 is 2.22 bits per heavy atom. The van der Waals surface area contributed by atoms with Crippen molar-refractivity contribution in [3.05, 3.63) is 0 Å². The van der Waals surface area contributed by atoms with Crippen LogP contribution in [0.3, 0.4) is 0 Å². The summed E-state index contributed by atoms with van der Waals surface area (Å²) < 4.78 is 0. The Kier molecular flexibility index (Phi) is 1.22. The van der Waals surface area contributed by atoms with E-state index in [2.05, 4.69) is 10.3 Å². The summed E-state index contributed by atoms with van der Waals surface area (Å²) in [6.45, 7) is 3.57. The Morgan fingerprint density at radius 1 is 1.78 bits per heavy atom. The standard InChI is InChI=1S/C5H9NO3/c1-3(2)5(4(7)8)6-9-5/h3,6H,1-2H3,(H,7,8)/t5-/m1/s1. The van der Waals surface area contributed by atoms with Crippen LogP contribution < -0.4 is 5.48 Å². The molecule has 0 aromatic carbocycles. The average molecular weight is 131 g/mol. The van der Waals surface area contributed by atoms with Crippen molar-refractivity contribution in [2.24, 2.45) is 5.92 Å². The summed E-state index contributed by atoms with van der Waals surface area (Å²) in [6.07, 6.45) is 0. The number of nitrogens with one attached hydrogen (secondary N) is 1. The largest absolute Gasteiger partial charge is 0.478 e. The molecule has 0 aromatic heterocycles. The molecule has 0 amide bonds. The van der Waals surface area contributed by atoms with Crippen LogP contribution in [-0.2, 0) is 9.63 Å². The molecule has 4 heteroatoms. The maximum Gasteiger partial charge on any atom is 0.355 e. The Labute approximate surface area is 52.8 Å². The lowest BCUT2D eigenvalue weighted by Crippen LogP contribution is -2.32. The van der Waals surface area contributed by atoms with Crippen LogP contribution in [0.4, 0.5) is 0 Å². The van der Waals surface area contributed by atoms with Crippen LogP contribution in [0.25, 0.3) is 0 Å². The zero-order chi connectivity index (χ0) is 7.07. The van der Waals surface area contributed by atoms with Gasteiger partial charge >= 0.3 is 5.97 Å². The van der Waals surface area contributed by atoms with Crippen LogP contribution in [-0.4, -0.2) is 16.8 Å². The molecule has 52 valence electrons. The number of hydrogen-bond acceptors (Lipinski definition) is 3. The van der Waals surface area contributed by atoms with Crippen LogP contribution >= 0.6 is 0 Å². The Hall–Kier alpha value is -0.610. The molecule has 0 saturated carbocycles. The highest BCUT2D eigenvalue weighted by Crippen LogP contribution is 2.28. The lowest BCUT2D eigenvalue weighted by atomic mass is 10.0. The van der Waals surface area contributed by atoms with Crippen LogP contribution in [0.1, 0.15) is 13.8 Å². The Balaban J connectivity index is 2.63. The summed E-state index contributed by atoms with van der Waals surface area (Å²) in [5.74, 6) is -0.979. The molecule has 1 aliphatic rings. The molecule has 0 aliphatic carbocycles. The fraction of sp³-hybridized carbons (Fsp3) is 0.800. The summed E-state index contributed by atoms with van der Waals surface area (Å²) in [6, 6.07) is 0.